The van der Waals surface area contributed by atoms with Gasteiger partial charge in [-0.2, -0.15) is 0 Å². The average molecular weight is 714 g/mol. The number of nitrogens with one attached hydrogen (secondary N) is 3. The van der Waals surface area contributed by atoms with Gasteiger partial charge in [0.2, 0.25) is 23.5 Å². The Labute approximate surface area is 302 Å². The van der Waals surface area contributed by atoms with Crippen molar-refractivity contribution in [2.45, 2.75) is 149 Å². The Kier molecular flexibility index (Phi) is 12.8. The summed E-state index contributed by atoms with van der Waals surface area (Å²) in [6.45, 7) is 9.53. The highest BCUT2D eigenvalue weighted by Crippen LogP contribution is 2.40. The molecular weight excluding hydrogens is 658 g/mol. The van der Waals surface area contributed by atoms with Crippen LogP contribution in [0.4, 0.5) is 0 Å². The minimum absolute atomic E-state index is 0. The second kappa shape index (κ2) is 16.3. The Morgan fingerprint density at radius 3 is 2.36 bits per heavy atom. The molecule has 11 nitrogen and oxygen atoms in total. The van der Waals surface area contributed by atoms with Crippen LogP contribution >= 0.6 is 11.6 Å². The van der Waals surface area contributed by atoms with Crippen LogP contribution in [0.15, 0.2) is 23.4 Å². The molecule has 0 unspecified atom stereocenters. The predicted molar refractivity (Wildman–Crippen MR) is 194 cm³/mol. The molecule has 2 aliphatic carbocycles. The molecule has 4 aliphatic rings. The number of likely N-dealkylation sites (tertiary alicyclic amines) is 1. The molecule has 276 valence electrons. The van der Waals surface area contributed by atoms with E-state index >= 15 is 0 Å². The molecule has 1 spiro atoms. The third-order valence-corrected chi connectivity index (χ3v) is 10.4. The summed E-state index contributed by atoms with van der Waals surface area (Å²) >= 11 is 6.35. The summed E-state index contributed by atoms with van der Waals surface area (Å²) < 4.78 is 0. The number of carbonyl (C=O) groups excluding carboxylic acids is 5. The zero-order valence-corrected chi connectivity index (χ0v) is 30.3. The second-order valence-electron chi connectivity index (χ2n) is 15.7. The van der Waals surface area contributed by atoms with Gasteiger partial charge in [0.05, 0.1) is 18.3 Å². The van der Waals surface area contributed by atoms with Crippen LogP contribution in [0.5, 0.6) is 0 Å². The molecule has 5 rings (SSSR count). The summed E-state index contributed by atoms with van der Waals surface area (Å²) in [5.74, 6) is -2.24. The van der Waals surface area contributed by atoms with Gasteiger partial charge < -0.3 is 25.7 Å². The molecule has 1 aromatic carbocycles. The van der Waals surface area contributed by atoms with Gasteiger partial charge in [-0.15, -0.1) is 0 Å². The fraction of sp³-hybridized carbons (Fsp3) is 0.684. The first-order chi connectivity index (χ1) is 23.2. The van der Waals surface area contributed by atoms with Crippen LogP contribution < -0.4 is 16.0 Å². The highest BCUT2D eigenvalue weighted by molar-refractivity contribution is 6.38. The first-order valence-corrected chi connectivity index (χ1v) is 18.3. The van der Waals surface area contributed by atoms with Crippen LogP contribution in [-0.4, -0.2) is 76.3 Å². The summed E-state index contributed by atoms with van der Waals surface area (Å²) in [6.07, 6.45) is 8.69. The van der Waals surface area contributed by atoms with Crippen LogP contribution in [0.2, 0.25) is 5.02 Å². The normalized spacial score (nSPS) is 23.3. The van der Waals surface area contributed by atoms with E-state index in [0.717, 1.165) is 49.7 Å². The minimum Gasteiger partial charge on any atom is -0.387 e. The monoisotopic (exact) mass is 713 g/mol. The highest BCUT2D eigenvalue weighted by Gasteiger charge is 2.55. The number of nitrogens with zero attached hydrogens (tertiary/aromatic N) is 2. The highest BCUT2D eigenvalue weighted by atomic mass is 35.5. The van der Waals surface area contributed by atoms with E-state index in [9.17, 15) is 24.0 Å². The number of ketones is 1. The zero-order valence-electron chi connectivity index (χ0n) is 29.5. The van der Waals surface area contributed by atoms with E-state index in [1.165, 1.54) is 11.3 Å². The van der Waals surface area contributed by atoms with Crippen molar-refractivity contribution in [3.63, 3.8) is 0 Å². The number of oxime groups is 1. The number of halogens is 1. The van der Waals surface area contributed by atoms with Gasteiger partial charge in [-0.05, 0) is 74.1 Å². The SMILES string of the molecule is C.CCC[C@H](NC(=O)[C@@H]1C[C@]2(CC(c3cc(C)cc(Cl)c3)=NO2)CN1C(=O)[C@@H](NC(=O)CC1CCCCC1)C(C)(C)C)C(=O)C(=O)NC1CC1. The standard InChI is InChI=1S/C37H52ClN5O6.CH4/c1-6-10-27(31(45)34(47)39-26-13-14-26)40-33(46)29-20-37(19-28(42-49-37)24-15-22(2)16-25(38)18-24)21-43(29)35(48)32(36(3,4)5)41-30(44)17-23-11-8-7-9-12-23;/h15-16,18,23,26-27,29,32H,6-14,17,19-21H2,1-5H3,(H,39,47)(H,40,46)(H,41,44);1H4/t27-,29-,32+,37+;/m0./s1. The van der Waals surface area contributed by atoms with E-state index in [1.807, 2.05) is 52.8 Å². The fourth-order valence-corrected chi connectivity index (χ4v) is 7.63. The van der Waals surface area contributed by atoms with Crippen molar-refractivity contribution in [1.82, 2.24) is 20.9 Å². The van der Waals surface area contributed by atoms with Crippen molar-refractivity contribution in [2.75, 3.05) is 6.54 Å². The smallest absolute Gasteiger partial charge is 0.289 e. The van der Waals surface area contributed by atoms with E-state index in [4.69, 9.17) is 16.4 Å². The molecule has 3 N–H and O–H groups in total. The molecule has 2 heterocycles. The van der Waals surface area contributed by atoms with Crippen molar-refractivity contribution in [3.8, 4) is 0 Å². The van der Waals surface area contributed by atoms with Crippen molar-refractivity contribution < 1.29 is 28.8 Å². The van der Waals surface area contributed by atoms with Gasteiger partial charge in [-0.1, -0.05) is 77.6 Å². The number of amides is 4. The molecule has 12 heteroatoms. The first-order valence-electron chi connectivity index (χ1n) is 18.0. The van der Waals surface area contributed by atoms with Crippen LogP contribution in [0.25, 0.3) is 0 Å². The molecular formula is C38H56ClN5O6. The van der Waals surface area contributed by atoms with Crippen molar-refractivity contribution >= 4 is 46.7 Å². The molecule has 50 heavy (non-hydrogen) atoms. The topological polar surface area (TPSA) is 146 Å². The van der Waals surface area contributed by atoms with Gasteiger partial charge in [-0.3, -0.25) is 24.0 Å². The quantitative estimate of drug-likeness (QED) is 0.248. The summed E-state index contributed by atoms with van der Waals surface area (Å²) in [5.41, 5.74) is 0.731. The van der Waals surface area contributed by atoms with Crippen molar-refractivity contribution in [1.29, 1.82) is 0 Å². The number of carbonyl (C=O) groups is 5. The number of rotatable bonds is 12. The Hall–Kier alpha value is -3.47. The Morgan fingerprint density at radius 1 is 1.04 bits per heavy atom. The van der Waals surface area contributed by atoms with Crippen LogP contribution in [-0.2, 0) is 28.8 Å². The predicted octanol–water partition coefficient (Wildman–Crippen LogP) is 5.38. The van der Waals surface area contributed by atoms with Gasteiger partial charge in [0.25, 0.3) is 5.91 Å². The molecule has 3 fully saturated rings. The largest absolute Gasteiger partial charge is 0.387 e. The Balaban J connectivity index is 0.00000562. The van der Waals surface area contributed by atoms with Gasteiger partial charge in [-0.25, -0.2) is 0 Å². The second-order valence-corrected chi connectivity index (χ2v) is 16.2. The summed E-state index contributed by atoms with van der Waals surface area (Å²) in [6, 6.07) is 2.64. The first kappa shape index (κ1) is 39.3. The molecule has 4 atom stereocenters. The maximum Gasteiger partial charge on any atom is 0.289 e. The summed E-state index contributed by atoms with van der Waals surface area (Å²) in [5, 5.41) is 13.5. The Bertz CT molecular complexity index is 1460. The molecule has 2 saturated carbocycles. The van der Waals surface area contributed by atoms with Gasteiger partial charge in [0.1, 0.15) is 12.1 Å². The molecule has 0 aromatic heterocycles. The molecule has 1 saturated heterocycles. The lowest BCUT2D eigenvalue weighted by Crippen LogP contribution is -2.59. The molecule has 2 aliphatic heterocycles. The lowest BCUT2D eigenvalue weighted by atomic mass is 9.84. The van der Waals surface area contributed by atoms with E-state index in [0.29, 0.717) is 35.9 Å². The summed E-state index contributed by atoms with van der Waals surface area (Å²) in [7, 11) is 0. The number of Topliss-reactive ketones (excluding diaryl/α,β-unsaturated/α-hetero) is 1. The fourth-order valence-electron chi connectivity index (χ4n) is 7.34. The van der Waals surface area contributed by atoms with Crippen molar-refractivity contribution in [3.05, 3.63) is 34.3 Å². The van der Waals surface area contributed by atoms with Crippen LogP contribution in [0, 0.1) is 18.3 Å². The zero-order chi connectivity index (χ0) is 35.5. The van der Waals surface area contributed by atoms with E-state index in [2.05, 4.69) is 21.1 Å². The van der Waals surface area contributed by atoms with Crippen LogP contribution in [0.3, 0.4) is 0 Å². The number of benzene rings is 1. The van der Waals surface area contributed by atoms with E-state index in [1.54, 1.807) is 0 Å². The number of hydrogen-bond acceptors (Lipinski definition) is 7. The molecule has 0 bridgehead atoms. The third-order valence-electron chi connectivity index (χ3n) is 10.2. The molecule has 1 aromatic rings. The molecule has 0 radical (unpaired) electrons. The van der Waals surface area contributed by atoms with Crippen molar-refractivity contribution in [2.24, 2.45) is 16.5 Å². The molecule has 4 amide bonds. The van der Waals surface area contributed by atoms with Gasteiger partial charge in [0.15, 0.2) is 5.60 Å². The number of aryl methyl sites for hydroxylation is 1. The lowest BCUT2D eigenvalue weighted by molar-refractivity contribution is -0.145. The van der Waals surface area contributed by atoms with Crippen LogP contribution in [0.1, 0.15) is 123 Å². The van der Waals surface area contributed by atoms with Gasteiger partial charge >= 0.3 is 0 Å². The third kappa shape index (κ3) is 9.65. The minimum atomic E-state index is -1.04. The lowest BCUT2D eigenvalue weighted by Gasteiger charge is -2.36. The van der Waals surface area contributed by atoms with Gasteiger partial charge in [0, 0.05) is 35.9 Å². The average Bonchev–Trinajstić information content (AvgIpc) is 3.63. The van der Waals surface area contributed by atoms with E-state index in [-0.39, 0.29) is 38.8 Å². The maximum absolute atomic E-state index is 14.6. The summed E-state index contributed by atoms with van der Waals surface area (Å²) in [4.78, 5) is 75.5. The van der Waals surface area contributed by atoms with E-state index < -0.39 is 52.6 Å². The Morgan fingerprint density at radius 2 is 1.74 bits per heavy atom. The number of hydrogen-bond donors (Lipinski definition) is 3. The maximum atomic E-state index is 14.6.